The molecule has 0 spiro atoms. The van der Waals surface area contributed by atoms with Crippen molar-refractivity contribution in [2.24, 2.45) is 0 Å². The third-order valence-corrected chi connectivity index (χ3v) is 3.74. The molecule has 0 aliphatic heterocycles. The quantitative estimate of drug-likeness (QED) is 0.856. The van der Waals surface area contributed by atoms with Crippen LogP contribution in [0.2, 0.25) is 0 Å². The van der Waals surface area contributed by atoms with Gasteiger partial charge in [-0.3, -0.25) is 0 Å². The smallest absolute Gasteiger partial charge is 0.149 e. The number of aromatic nitrogens is 3. The third kappa shape index (κ3) is 2.81. The van der Waals surface area contributed by atoms with E-state index in [0.29, 0.717) is 15.5 Å². The van der Waals surface area contributed by atoms with E-state index in [1.807, 2.05) is 0 Å². The van der Waals surface area contributed by atoms with Gasteiger partial charge in [0.05, 0.1) is 22.3 Å². The van der Waals surface area contributed by atoms with Crippen LogP contribution in [0.5, 0.6) is 0 Å². The van der Waals surface area contributed by atoms with Gasteiger partial charge in [0.15, 0.2) is 0 Å². The zero-order chi connectivity index (χ0) is 12.6. The number of hydrogen-bond acceptors (Lipinski definition) is 4. The molecule has 1 aromatic carbocycles. The molecule has 5 nitrogen and oxygen atoms in total. The standard InChI is InChI=1S/C9H9BrFN3O2S/c1-17(15,16)3-2-14-8-5-6(11)4-7(10)9(8)12-13-14/h4-5H,2-3H2,1H3. The van der Waals surface area contributed by atoms with Gasteiger partial charge in [-0.05, 0) is 22.0 Å². The van der Waals surface area contributed by atoms with Crippen LogP contribution in [0.15, 0.2) is 16.6 Å². The van der Waals surface area contributed by atoms with Crippen molar-refractivity contribution >= 4 is 36.8 Å². The Morgan fingerprint density at radius 1 is 1.47 bits per heavy atom. The second-order valence-electron chi connectivity index (χ2n) is 3.70. The summed E-state index contributed by atoms with van der Waals surface area (Å²) in [5.74, 6) is -0.480. The molecule has 0 saturated carbocycles. The maximum absolute atomic E-state index is 13.2. The first-order valence-electron chi connectivity index (χ1n) is 4.73. The van der Waals surface area contributed by atoms with Crippen molar-refractivity contribution in [2.75, 3.05) is 12.0 Å². The molecule has 1 aromatic heterocycles. The molecule has 8 heteroatoms. The summed E-state index contributed by atoms with van der Waals surface area (Å²) in [6.45, 7) is 0.158. The Bertz CT molecular complexity index is 668. The van der Waals surface area contributed by atoms with Crippen LogP contribution < -0.4 is 0 Å². The van der Waals surface area contributed by atoms with Gasteiger partial charge in [0.2, 0.25) is 0 Å². The van der Waals surface area contributed by atoms with Crippen LogP contribution in [0.3, 0.4) is 0 Å². The minimum atomic E-state index is -3.08. The Balaban J connectivity index is 2.42. The Hall–Kier alpha value is -1.02. The Labute approximate surface area is 106 Å². The van der Waals surface area contributed by atoms with Crippen LogP contribution >= 0.6 is 15.9 Å². The maximum Gasteiger partial charge on any atom is 0.149 e. The molecule has 92 valence electrons. The van der Waals surface area contributed by atoms with Crippen LogP contribution in [-0.4, -0.2) is 35.4 Å². The van der Waals surface area contributed by atoms with Gasteiger partial charge in [0, 0.05) is 12.3 Å². The lowest BCUT2D eigenvalue weighted by molar-refractivity contribution is 0.584. The fourth-order valence-corrected chi connectivity index (χ4v) is 2.42. The van der Waals surface area contributed by atoms with Crippen LogP contribution in [-0.2, 0) is 16.4 Å². The number of aryl methyl sites for hydroxylation is 1. The number of fused-ring (bicyclic) bond motifs is 1. The molecule has 0 saturated heterocycles. The molecule has 0 aliphatic rings. The largest absolute Gasteiger partial charge is 0.243 e. The van der Waals surface area contributed by atoms with E-state index in [1.165, 1.54) is 16.8 Å². The monoisotopic (exact) mass is 321 g/mol. The summed E-state index contributed by atoms with van der Waals surface area (Å²) in [6, 6.07) is 2.57. The van der Waals surface area contributed by atoms with Crippen molar-refractivity contribution in [2.45, 2.75) is 6.54 Å². The third-order valence-electron chi connectivity index (χ3n) is 2.21. The number of sulfone groups is 1. The fourth-order valence-electron chi connectivity index (χ4n) is 1.41. The highest BCUT2D eigenvalue weighted by atomic mass is 79.9. The summed E-state index contributed by atoms with van der Waals surface area (Å²) in [5, 5.41) is 7.67. The lowest BCUT2D eigenvalue weighted by atomic mass is 10.3. The molecule has 1 heterocycles. The van der Waals surface area contributed by atoms with Crippen molar-refractivity contribution < 1.29 is 12.8 Å². The SMILES string of the molecule is CS(=O)(=O)CCn1nnc2c(Br)cc(F)cc21. The lowest BCUT2D eigenvalue weighted by Crippen LogP contribution is -2.12. The van der Waals surface area contributed by atoms with Gasteiger partial charge in [-0.25, -0.2) is 17.5 Å². The lowest BCUT2D eigenvalue weighted by Gasteiger charge is -2.01. The number of rotatable bonds is 3. The average molecular weight is 322 g/mol. The minimum absolute atomic E-state index is 0.0560. The van der Waals surface area contributed by atoms with Crippen LogP contribution in [0.4, 0.5) is 4.39 Å². The highest BCUT2D eigenvalue weighted by molar-refractivity contribution is 9.10. The van der Waals surface area contributed by atoms with Gasteiger partial charge in [0.25, 0.3) is 0 Å². The summed E-state index contributed by atoms with van der Waals surface area (Å²) >= 11 is 3.18. The minimum Gasteiger partial charge on any atom is -0.243 e. The maximum atomic E-state index is 13.2. The first-order valence-corrected chi connectivity index (χ1v) is 7.58. The predicted octanol–water partition coefficient (Wildman–Crippen LogP) is 1.38. The van der Waals surface area contributed by atoms with Crippen LogP contribution in [0.25, 0.3) is 11.0 Å². The van der Waals surface area contributed by atoms with Crippen molar-refractivity contribution in [3.63, 3.8) is 0 Å². The van der Waals surface area contributed by atoms with Crippen molar-refractivity contribution in [3.8, 4) is 0 Å². The van der Waals surface area contributed by atoms with Crippen LogP contribution in [0, 0.1) is 5.82 Å². The van der Waals surface area contributed by atoms with E-state index in [4.69, 9.17) is 0 Å². The summed E-state index contributed by atoms with van der Waals surface area (Å²) < 4.78 is 37.2. The Morgan fingerprint density at radius 2 is 2.18 bits per heavy atom. The van der Waals surface area contributed by atoms with Gasteiger partial charge in [-0.1, -0.05) is 5.21 Å². The molecule has 2 rings (SSSR count). The topological polar surface area (TPSA) is 64.8 Å². The molecule has 0 radical (unpaired) electrons. The van der Waals surface area contributed by atoms with E-state index in [2.05, 4.69) is 26.2 Å². The molecule has 0 aliphatic carbocycles. The molecule has 0 bridgehead atoms. The van der Waals surface area contributed by atoms with Gasteiger partial charge >= 0.3 is 0 Å². The predicted molar refractivity (Wildman–Crippen MR) is 64.9 cm³/mol. The van der Waals surface area contributed by atoms with Gasteiger partial charge in [-0.15, -0.1) is 5.10 Å². The van der Waals surface area contributed by atoms with E-state index < -0.39 is 15.7 Å². The van der Waals surface area contributed by atoms with Gasteiger partial charge < -0.3 is 0 Å². The zero-order valence-electron chi connectivity index (χ0n) is 8.89. The van der Waals surface area contributed by atoms with Crippen molar-refractivity contribution in [1.29, 1.82) is 0 Å². The van der Waals surface area contributed by atoms with E-state index in [0.717, 1.165) is 6.26 Å². The highest BCUT2D eigenvalue weighted by Crippen LogP contribution is 2.23. The highest BCUT2D eigenvalue weighted by Gasteiger charge is 2.11. The number of benzene rings is 1. The second-order valence-corrected chi connectivity index (χ2v) is 6.81. The molecular weight excluding hydrogens is 313 g/mol. The molecule has 0 fully saturated rings. The van der Waals surface area contributed by atoms with E-state index in [1.54, 1.807) is 0 Å². The molecule has 0 amide bonds. The first-order chi connectivity index (χ1) is 7.87. The number of hydrogen-bond donors (Lipinski definition) is 0. The molecule has 0 N–H and O–H groups in total. The summed E-state index contributed by atoms with van der Waals surface area (Å²) in [7, 11) is -3.08. The normalized spacial score (nSPS) is 12.2. The Morgan fingerprint density at radius 3 is 2.82 bits per heavy atom. The first kappa shape index (κ1) is 12.4. The zero-order valence-corrected chi connectivity index (χ0v) is 11.3. The molecule has 2 aromatic rings. The molecular formula is C9H9BrFN3O2S. The number of halogens is 2. The summed E-state index contributed by atoms with van der Waals surface area (Å²) in [5.41, 5.74) is 0.987. The molecule has 17 heavy (non-hydrogen) atoms. The summed E-state index contributed by atoms with van der Waals surface area (Å²) in [4.78, 5) is 0. The molecule has 0 unspecified atom stereocenters. The average Bonchev–Trinajstić information content (AvgIpc) is 2.57. The van der Waals surface area contributed by atoms with Gasteiger partial charge in [0.1, 0.15) is 21.2 Å². The fraction of sp³-hybridized carbons (Fsp3) is 0.333. The molecule has 0 atom stereocenters. The van der Waals surface area contributed by atoms with Crippen LogP contribution in [0.1, 0.15) is 0 Å². The Kier molecular flexibility index (Phi) is 3.17. The van der Waals surface area contributed by atoms with Gasteiger partial charge in [-0.2, -0.15) is 0 Å². The summed E-state index contributed by atoms with van der Waals surface area (Å²) in [6.07, 6.45) is 1.14. The van der Waals surface area contributed by atoms with E-state index in [9.17, 15) is 12.8 Å². The van der Waals surface area contributed by atoms with E-state index in [-0.39, 0.29) is 12.3 Å². The van der Waals surface area contributed by atoms with Crippen molar-refractivity contribution in [1.82, 2.24) is 15.0 Å². The van der Waals surface area contributed by atoms with Crippen molar-refractivity contribution in [3.05, 3.63) is 22.4 Å². The second kappa shape index (κ2) is 4.34. The van der Waals surface area contributed by atoms with E-state index >= 15 is 0 Å². The number of nitrogens with zero attached hydrogens (tertiary/aromatic N) is 3.